The molecule has 0 bridgehead atoms. The first-order valence-electron chi connectivity index (χ1n) is 10.1. The van der Waals surface area contributed by atoms with Gasteiger partial charge >= 0.3 is 0 Å². The van der Waals surface area contributed by atoms with Crippen LogP contribution in [0.4, 0.5) is 0 Å². The van der Waals surface area contributed by atoms with Gasteiger partial charge in [0.15, 0.2) is 5.16 Å². The number of amides is 1. The fourth-order valence-corrected chi connectivity index (χ4v) is 4.55. The Balaban J connectivity index is 1.75. The number of benzene rings is 3. The molecule has 0 radical (unpaired) electrons. The zero-order valence-electron chi connectivity index (χ0n) is 17.6. The van der Waals surface area contributed by atoms with Gasteiger partial charge in [0.2, 0.25) is 5.91 Å². The molecule has 0 saturated heterocycles. The van der Waals surface area contributed by atoms with E-state index in [2.05, 4.69) is 26.9 Å². The summed E-state index contributed by atoms with van der Waals surface area (Å²) in [5.74, 6) is 0.854. The molecule has 0 spiro atoms. The molecule has 0 saturated carbocycles. The topological polar surface area (TPSA) is 51.0 Å². The second-order valence-electron chi connectivity index (χ2n) is 7.37. The van der Waals surface area contributed by atoms with E-state index < -0.39 is 5.25 Å². The Hall–Kier alpha value is -3.38. The molecule has 0 aliphatic rings. The molecule has 1 aromatic heterocycles. The lowest BCUT2D eigenvalue weighted by Crippen LogP contribution is -2.27. The van der Waals surface area contributed by atoms with Crippen LogP contribution < -0.4 is 0 Å². The van der Waals surface area contributed by atoms with Crippen molar-refractivity contribution in [1.82, 2.24) is 19.7 Å². The predicted molar refractivity (Wildman–Crippen MR) is 124 cm³/mol. The van der Waals surface area contributed by atoms with Gasteiger partial charge in [-0.3, -0.25) is 9.36 Å². The molecular formula is C25H24N4OS. The first-order valence-corrected chi connectivity index (χ1v) is 11.0. The molecule has 1 unspecified atom stereocenters. The maximum Gasteiger partial charge on any atom is 0.240 e. The van der Waals surface area contributed by atoms with Gasteiger partial charge in [-0.25, -0.2) is 0 Å². The Morgan fingerprint density at radius 2 is 1.45 bits per heavy atom. The third kappa shape index (κ3) is 4.86. The smallest absolute Gasteiger partial charge is 0.240 e. The van der Waals surface area contributed by atoms with Gasteiger partial charge in [0.25, 0.3) is 0 Å². The van der Waals surface area contributed by atoms with Gasteiger partial charge in [-0.05, 0) is 23.3 Å². The number of rotatable bonds is 7. The number of likely N-dealkylation sites (N-methyl/N-ethyl adjacent to an activating group) is 1. The Morgan fingerprint density at radius 3 is 2.06 bits per heavy atom. The van der Waals surface area contributed by atoms with E-state index in [9.17, 15) is 4.79 Å². The van der Waals surface area contributed by atoms with E-state index in [0.29, 0.717) is 11.6 Å². The maximum atomic E-state index is 13.0. The zero-order valence-corrected chi connectivity index (χ0v) is 18.4. The number of thioether (sulfide) groups is 1. The summed E-state index contributed by atoms with van der Waals surface area (Å²) in [6.45, 7) is 0. The first kappa shape index (κ1) is 20.9. The SMILES string of the molecule is CN(C)C(=O)C(Sc1nnc(Cc2ccccc2)n1-c1ccccc1)c1ccccc1. The highest BCUT2D eigenvalue weighted by Gasteiger charge is 2.27. The number of aromatic nitrogens is 3. The van der Waals surface area contributed by atoms with E-state index >= 15 is 0 Å². The molecule has 0 aliphatic carbocycles. The Kier molecular flexibility index (Phi) is 6.48. The predicted octanol–water partition coefficient (Wildman–Crippen LogP) is 4.78. The van der Waals surface area contributed by atoms with Crippen molar-refractivity contribution in [2.75, 3.05) is 14.1 Å². The van der Waals surface area contributed by atoms with Crippen molar-refractivity contribution >= 4 is 17.7 Å². The molecule has 1 atom stereocenters. The summed E-state index contributed by atoms with van der Waals surface area (Å²) < 4.78 is 2.05. The van der Waals surface area contributed by atoms with Crippen LogP contribution in [0.5, 0.6) is 0 Å². The van der Waals surface area contributed by atoms with Crippen molar-refractivity contribution in [3.05, 3.63) is 108 Å². The molecule has 6 heteroatoms. The van der Waals surface area contributed by atoms with Gasteiger partial charge in [-0.2, -0.15) is 0 Å². The summed E-state index contributed by atoms with van der Waals surface area (Å²) in [6, 6.07) is 30.1. The monoisotopic (exact) mass is 428 g/mol. The van der Waals surface area contributed by atoms with Crippen molar-refractivity contribution in [3.8, 4) is 5.69 Å². The van der Waals surface area contributed by atoms with Gasteiger partial charge in [-0.1, -0.05) is 90.6 Å². The normalized spacial score (nSPS) is 11.8. The van der Waals surface area contributed by atoms with Crippen molar-refractivity contribution in [1.29, 1.82) is 0 Å². The fourth-order valence-electron chi connectivity index (χ4n) is 3.33. The molecule has 0 fully saturated rings. The lowest BCUT2D eigenvalue weighted by Gasteiger charge is -2.20. The van der Waals surface area contributed by atoms with Crippen LogP contribution in [0.3, 0.4) is 0 Å². The third-order valence-corrected chi connectivity index (χ3v) is 6.10. The number of carbonyl (C=O) groups is 1. The molecule has 4 aromatic rings. The largest absolute Gasteiger partial charge is 0.348 e. The highest BCUT2D eigenvalue weighted by Crippen LogP contribution is 2.37. The van der Waals surface area contributed by atoms with Crippen molar-refractivity contribution in [2.24, 2.45) is 0 Å². The van der Waals surface area contributed by atoms with E-state index in [1.54, 1.807) is 19.0 Å². The third-order valence-electron chi connectivity index (χ3n) is 4.91. The van der Waals surface area contributed by atoms with Gasteiger partial charge in [0.05, 0.1) is 0 Å². The summed E-state index contributed by atoms with van der Waals surface area (Å²) in [4.78, 5) is 14.7. The summed E-state index contributed by atoms with van der Waals surface area (Å²) in [7, 11) is 3.56. The van der Waals surface area contributed by atoms with Crippen molar-refractivity contribution < 1.29 is 4.79 Å². The van der Waals surface area contributed by atoms with Crippen molar-refractivity contribution in [2.45, 2.75) is 16.8 Å². The minimum absolute atomic E-state index is 0.0171. The molecule has 3 aromatic carbocycles. The number of carbonyl (C=O) groups excluding carboxylic acids is 1. The second-order valence-corrected chi connectivity index (χ2v) is 8.45. The highest BCUT2D eigenvalue weighted by molar-refractivity contribution is 8.00. The van der Waals surface area contributed by atoms with Crippen LogP contribution in [0.25, 0.3) is 5.69 Å². The van der Waals surface area contributed by atoms with Gasteiger partial charge in [0.1, 0.15) is 11.1 Å². The van der Waals surface area contributed by atoms with Crippen molar-refractivity contribution in [3.63, 3.8) is 0 Å². The summed E-state index contributed by atoms with van der Waals surface area (Å²) in [6.07, 6.45) is 0.654. The molecule has 0 aliphatic heterocycles. The minimum atomic E-state index is -0.410. The molecule has 156 valence electrons. The molecule has 4 rings (SSSR count). The highest BCUT2D eigenvalue weighted by atomic mass is 32.2. The van der Waals surface area contributed by atoms with E-state index in [-0.39, 0.29) is 5.91 Å². The zero-order chi connectivity index (χ0) is 21.6. The molecular weight excluding hydrogens is 404 g/mol. The van der Waals surface area contributed by atoms with Crippen LogP contribution in [0.1, 0.15) is 22.2 Å². The summed E-state index contributed by atoms with van der Waals surface area (Å²) in [5, 5.41) is 9.29. The summed E-state index contributed by atoms with van der Waals surface area (Å²) in [5.41, 5.74) is 3.08. The quantitative estimate of drug-likeness (QED) is 0.398. The number of nitrogens with zero attached hydrogens (tertiary/aromatic N) is 4. The molecule has 31 heavy (non-hydrogen) atoms. The average Bonchev–Trinajstić information content (AvgIpc) is 3.20. The van der Waals surface area contributed by atoms with E-state index in [1.807, 2.05) is 78.9 Å². The summed E-state index contributed by atoms with van der Waals surface area (Å²) >= 11 is 1.43. The van der Waals surface area contributed by atoms with Crippen LogP contribution in [0.2, 0.25) is 0 Å². The van der Waals surface area contributed by atoms with Crippen LogP contribution >= 0.6 is 11.8 Å². The Labute approximate surface area is 186 Å². The standard InChI is InChI=1S/C25H24N4OS/c1-28(2)24(30)23(20-14-8-4-9-15-20)31-25-27-26-22(18-19-12-6-3-7-13-19)29(25)21-16-10-5-11-17-21/h3-17,23H,18H2,1-2H3. The van der Waals surface area contributed by atoms with Gasteiger partial charge < -0.3 is 4.90 Å². The van der Waals surface area contributed by atoms with Gasteiger partial charge in [0, 0.05) is 26.2 Å². The number of hydrogen-bond donors (Lipinski definition) is 0. The maximum absolute atomic E-state index is 13.0. The van der Waals surface area contributed by atoms with E-state index in [0.717, 1.165) is 22.6 Å². The van der Waals surface area contributed by atoms with E-state index in [4.69, 9.17) is 0 Å². The van der Waals surface area contributed by atoms with Gasteiger partial charge in [-0.15, -0.1) is 10.2 Å². The average molecular weight is 429 g/mol. The first-order chi connectivity index (χ1) is 15.1. The Bertz CT molecular complexity index is 1130. The van der Waals surface area contributed by atoms with Crippen LogP contribution in [0.15, 0.2) is 96.2 Å². The molecule has 1 heterocycles. The Morgan fingerprint density at radius 1 is 0.871 bits per heavy atom. The molecule has 1 amide bonds. The molecule has 5 nitrogen and oxygen atoms in total. The van der Waals surface area contributed by atoms with E-state index in [1.165, 1.54) is 11.8 Å². The molecule has 0 N–H and O–H groups in total. The second kappa shape index (κ2) is 9.62. The lowest BCUT2D eigenvalue weighted by atomic mass is 10.1. The number of para-hydroxylation sites is 1. The van der Waals surface area contributed by atoms with Crippen LogP contribution in [-0.4, -0.2) is 39.7 Å². The minimum Gasteiger partial charge on any atom is -0.348 e. The van der Waals surface area contributed by atoms with Crippen LogP contribution in [-0.2, 0) is 11.2 Å². The van der Waals surface area contributed by atoms with Crippen LogP contribution in [0, 0.1) is 0 Å². The number of hydrogen-bond acceptors (Lipinski definition) is 4. The fraction of sp³-hybridized carbons (Fsp3) is 0.160. The lowest BCUT2D eigenvalue weighted by molar-refractivity contribution is -0.128.